The predicted molar refractivity (Wildman–Crippen MR) is 116 cm³/mol. The van der Waals surface area contributed by atoms with Gasteiger partial charge in [0.05, 0.1) is 32.6 Å². The van der Waals surface area contributed by atoms with Crippen molar-refractivity contribution >= 4 is 17.3 Å². The number of hydrogen-bond donors (Lipinski definition) is 1. The molecule has 1 N–H and O–H groups in total. The summed E-state index contributed by atoms with van der Waals surface area (Å²) < 4.78 is 30.8. The quantitative estimate of drug-likeness (QED) is 0.707. The molecular weight excluding hydrogens is 387 g/mol. The lowest BCUT2D eigenvalue weighted by Gasteiger charge is -2.30. The summed E-state index contributed by atoms with van der Waals surface area (Å²) in [5.41, 5.74) is 1.21. The average Bonchev–Trinajstić information content (AvgIpc) is 3.22. The number of anilines is 2. The first-order valence-corrected chi connectivity index (χ1v) is 10.1. The molecule has 0 aliphatic carbocycles. The number of carbonyl (C=O) groups excluding carboxylic acids is 1. The van der Waals surface area contributed by atoms with Crippen LogP contribution in [0, 0.1) is 11.7 Å². The number of amides is 1. The normalized spacial score (nSPS) is 16.0. The Morgan fingerprint density at radius 1 is 1.10 bits per heavy atom. The van der Waals surface area contributed by atoms with Crippen LogP contribution in [0.4, 0.5) is 15.8 Å². The monoisotopic (exact) mass is 416 g/mol. The molecule has 1 aliphatic rings. The number of benzene rings is 2. The molecule has 162 valence electrons. The molecule has 1 unspecified atom stereocenters. The SMILES string of the molecule is COc1ccc(C(=O)Nc2ccc(N3CCCC3C(C)C)c(F)c2)c(OC)c1OC. The number of hydrogen-bond acceptors (Lipinski definition) is 5. The fourth-order valence-electron chi connectivity index (χ4n) is 4.08. The summed E-state index contributed by atoms with van der Waals surface area (Å²) >= 11 is 0. The minimum atomic E-state index is -0.429. The van der Waals surface area contributed by atoms with E-state index in [2.05, 4.69) is 24.1 Å². The molecule has 1 atom stereocenters. The number of methoxy groups -OCH3 is 3. The molecule has 0 radical (unpaired) electrons. The van der Waals surface area contributed by atoms with E-state index in [-0.39, 0.29) is 17.1 Å². The summed E-state index contributed by atoms with van der Waals surface area (Å²) in [7, 11) is 4.42. The van der Waals surface area contributed by atoms with Crippen molar-refractivity contribution in [1.82, 2.24) is 0 Å². The molecule has 2 aromatic rings. The smallest absolute Gasteiger partial charge is 0.259 e. The van der Waals surface area contributed by atoms with Crippen LogP contribution in [0.3, 0.4) is 0 Å². The molecule has 1 fully saturated rings. The van der Waals surface area contributed by atoms with E-state index < -0.39 is 5.91 Å². The first-order chi connectivity index (χ1) is 14.4. The highest BCUT2D eigenvalue weighted by molar-refractivity contribution is 6.07. The van der Waals surface area contributed by atoms with Crippen LogP contribution in [-0.2, 0) is 0 Å². The Kier molecular flexibility index (Phi) is 6.70. The third kappa shape index (κ3) is 4.15. The van der Waals surface area contributed by atoms with Gasteiger partial charge in [0.2, 0.25) is 5.75 Å². The molecule has 1 saturated heterocycles. The van der Waals surface area contributed by atoms with Crippen LogP contribution in [0.5, 0.6) is 17.2 Å². The van der Waals surface area contributed by atoms with E-state index in [1.807, 2.05) is 0 Å². The topological polar surface area (TPSA) is 60.0 Å². The Morgan fingerprint density at radius 3 is 2.43 bits per heavy atom. The second kappa shape index (κ2) is 9.24. The number of halogens is 1. The fraction of sp³-hybridized carbons (Fsp3) is 0.435. The molecule has 2 aromatic carbocycles. The van der Waals surface area contributed by atoms with Gasteiger partial charge in [0.1, 0.15) is 5.82 Å². The Bertz CT molecular complexity index is 916. The third-order valence-electron chi connectivity index (χ3n) is 5.53. The van der Waals surface area contributed by atoms with Crippen molar-refractivity contribution < 1.29 is 23.4 Å². The molecule has 0 saturated carbocycles. The molecule has 1 heterocycles. The van der Waals surface area contributed by atoms with Crippen LogP contribution < -0.4 is 24.4 Å². The standard InChI is InChI=1S/C23H29FN2O4/c1-14(2)18-7-6-12-26(18)19-10-8-15(13-17(19)24)25-23(27)16-9-11-20(28-3)22(30-5)21(16)29-4/h8-11,13-14,18H,6-7,12H2,1-5H3,(H,25,27). The largest absolute Gasteiger partial charge is 0.493 e. The van der Waals surface area contributed by atoms with Gasteiger partial charge in [-0.2, -0.15) is 0 Å². The Balaban J connectivity index is 1.84. The summed E-state index contributed by atoms with van der Waals surface area (Å²) in [6.45, 7) is 5.16. The zero-order valence-electron chi connectivity index (χ0n) is 18.1. The van der Waals surface area contributed by atoms with Crippen molar-refractivity contribution in [1.29, 1.82) is 0 Å². The lowest BCUT2D eigenvalue weighted by Crippen LogP contribution is -2.33. The van der Waals surface area contributed by atoms with E-state index >= 15 is 0 Å². The van der Waals surface area contributed by atoms with Gasteiger partial charge < -0.3 is 24.4 Å². The van der Waals surface area contributed by atoms with Gasteiger partial charge in [-0.3, -0.25) is 4.79 Å². The molecule has 6 nitrogen and oxygen atoms in total. The second-order valence-electron chi connectivity index (χ2n) is 7.65. The highest BCUT2D eigenvalue weighted by Gasteiger charge is 2.29. The minimum absolute atomic E-state index is 0.253. The molecule has 1 aliphatic heterocycles. The van der Waals surface area contributed by atoms with E-state index in [9.17, 15) is 9.18 Å². The zero-order valence-corrected chi connectivity index (χ0v) is 18.1. The van der Waals surface area contributed by atoms with Gasteiger partial charge in [0, 0.05) is 18.3 Å². The summed E-state index contributed by atoms with van der Waals surface area (Å²) in [5.74, 6) is 0.697. The Labute approximate surface area is 176 Å². The summed E-state index contributed by atoms with van der Waals surface area (Å²) in [4.78, 5) is 15.0. The maximum absolute atomic E-state index is 14.9. The number of rotatable bonds is 7. The maximum atomic E-state index is 14.9. The van der Waals surface area contributed by atoms with E-state index in [1.54, 1.807) is 24.3 Å². The molecule has 30 heavy (non-hydrogen) atoms. The molecule has 0 aromatic heterocycles. The van der Waals surface area contributed by atoms with Crippen molar-refractivity contribution in [2.24, 2.45) is 5.92 Å². The summed E-state index contributed by atoms with van der Waals surface area (Å²) in [6, 6.07) is 8.35. The van der Waals surface area contributed by atoms with E-state index in [0.717, 1.165) is 19.4 Å². The lowest BCUT2D eigenvalue weighted by molar-refractivity contribution is 0.102. The van der Waals surface area contributed by atoms with Crippen molar-refractivity contribution in [3.05, 3.63) is 41.7 Å². The van der Waals surface area contributed by atoms with Gasteiger partial charge in [0.25, 0.3) is 5.91 Å². The first-order valence-electron chi connectivity index (χ1n) is 10.1. The van der Waals surface area contributed by atoms with Crippen LogP contribution in [0.25, 0.3) is 0 Å². The Hall–Kier alpha value is -2.96. The highest BCUT2D eigenvalue weighted by atomic mass is 19.1. The number of nitrogens with one attached hydrogen (secondary N) is 1. The third-order valence-corrected chi connectivity index (χ3v) is 5.53. The van der Waals surface area contributed by atoms with Crippen molar-refractivity contribution in [3.8, 4) is 17.2 Å². The van der Waals surface area contributed by atoms with Crippen LogP contribution >= 0.6 is 0 Å². The van der Waals surface area contributed by atoms with Crippen LogP contribution in [0.15, 0.2) is 30.3 Å². The zero-order chi connectivity index (χ0) is 21.8. The average molecular weight is 416 g/mol. The number of ether oxygens (including phenoxy) is 3. The molecule has 1 amide bonds. The molecule has 7 heteroatoms. The molecular formula is C23H29FN2O4. The highest BCUT2D eigenvalue weighted by Crippen LogP contribution is 2.40. The number of nitrogens with zero attached hydrogens (tertiary/aromatic N) is 1. The van der Waals surface area contributed by atoms with Gasteiger partial charge in [-0.05, 0) is 49.1 Å². The molecule has 0 spiro atoms. The van der Waals surface area contributed by atoms with E-state index in [1.165, 1.54) is 27.4 Å². The van der Waals surface area contributed by atoms with Crippen molar-refractivity contribution in [3.63, 3.8) is 0 Å². The van der Waals surface area contributed by atoms with Gasteiger partial charge >= 0.3 is 0 Å². The Morgan fingerprint density at radius 2 is 1.83 bits per heavy atom. The lowest BCUT2D eigenvalue weighted by atomic mass is 10.0. The van der Waals surface area contributed by atoms with E-state index in [0.29, 0.717) is 34.8 Å². The van der Waals surface area contributed by atoms with Gasteiger partial charge in [0.15, 0.2) is 11.5 Å². The van der Waals surface area contributed by atoms with Gasteiger partial charge in [-0.25, -0.2) is 4.39 Å². The molecule has 3 rings (SSSR count). The van der Waals surface area contributed by atoms with Gasteiger partial charge in [-0.15, -0.1) is 0 Å². The van der Waals surface area contributed by atoms with Gasteiger partial charge in [-0.1, -0.05) is 13.8 Å². The van der Waals surface area contributed by atoms with E-state index in [4.69, 9.17) is 14.2 Å². The molecule has 0 bridgehead atoms. The van der Waals surface area contributed by atoms with Crippen molar-refractivity contribution in [2.75, 3.05) is 38.1 Å². The first kappa shape index (κ1) is 21.7. The van der Waals surface area contributed by atoms with Crippen molar-refractivity contribution in [2.45, 2.75) is 32.7 Å². The maximum Gasteiger partial charge on any atom is 0.259 e. The second-order valence-corrected chi connectivity index (χ2v) is 7.65. The summed E-state index contributed by atoms with van der Waals surface area (Å²) in [5, 5.41) is 2.74. The summed E-state index contributed by atoms with van der Waals surface area (Å²) in [6.07, 6.45) is 2.12. The number of carbonyl (C=O) groups is 1. The minimum Gasteiger partial charge on any atom is -0.493 e. The van der Waals surface area contributed by atoms with Crippen LogP contribution in [0.1, 0.15) is 37.0 Å². The fourth-order valence-corrected chi connectivity index (χ4v) is 4.08. The van der Waals surface area contributed by atoms with Crippen LogP contribution in [-0.4, -0.2) is 39.8 Å². The predicted octanol–water partition coefficient (Wildman–Crippen LogP) is 4.73. The van der Waals surface area contributed by atoms with Crippen LogP contribution in [0.2, 0.25) is 0 Å².